The van der Waals surface area contributed by atoms with Crippen LogP contribution in [0.1, 0.15) is 16.8 Å². The van der Waals surface area contributed by atoms with Gasteiger partial charge in [-0.05, 0) is 27.6 Å². The van der Waals surface area contributed by atoms with Crippen LogP contribution in [0.15, 0.2) is 22.7 Å². The molecule has 4 heteroatoms. The lowest BCUT2D eigenvalue weighted by molar-refractivity contribution is 0.0982. The van der Waals surface area contributed by atoms with Gasteiger partial charge in [0.05, 0.1) is 5.69 Å². The first-order chi connectivity index (χ1) is 6.18. The van der Waals surface area contributed by atoms with Crippen LogP contribution >= 0.6 is 25.3 Å². The van der Waals surface area contributed by atoms with E-state index in [0.717, 1.165) is 22.3 Å². The maximum atomic E-state index is 11.5. The van der Waals surface area contributed by atoms with Crippen molar-refractivity contribution in [1.29, 1.82) is 0 Å². The molecule has 1 aliphatic rings. The maximum Gasteiger partial charge on any atom is 0.166 e. The van der Waals surface area contributed by atoms with Gasteiger partial charge in [0.15, 0.2) is 5.78 Å². The second-order valence-electron chi connectivity index (χ2n) is 3.03. The Bertz CT molecular complexity index is 367. The smallest absolute Gasteiger partial charge is 0.166 e. The van der Waals surface area contributed by atoms with Gasteiger partial charge in [-0.3, -0.25) is 4.79 Å². The molecular formula is C9H9BrNOP. The highest BCUT2D eigenvalue weighted by atomic mass is 79.9. The van der Waals surface area contributed by atoms with Crippen molar-refractivity contribution in [2.24, 2.45) is 0 Å². The zero-order chi connectivity index (χ0) is 9.42. The van der Waals surface area contributed by atoms with Crippen LogP contribution in [0.3, 0.4) is 0 Å². The summed E-state index contributed by atoms with van der Waals surface area (Å²) in [7, 11) is 2.63. The van der Waals surface area contributed by atoms with Crippen LogP contribution in [-0.2, 0) is 0 Å². The van der Waals surface area contributed by atoms with Crippen LogP contribution in [0, 0.1) is 0 Å². The monoisotopic (exact) mass is 257 g/mol. The number of carbonyl (C=O) groups is 1. The van der Waals surface area contributed by atoms with Crippen LogP contribution in [0.4, 0.5) is 5.69 Å². The summed E-state index contributed by atoms with van der Waals surface area (Å²) in [4.78, 5) is 11.5. The Morgan fingerprint density at radius 3 is 3.00 bits per heavy atom. The van der Waals surface area contributed by atoms with Crippen LogP contribution in [-0.4, -0.2) is 12.3 Å². The summed E-state index contributed by atoms with van der Waals surface area (Å²) < 4.78 is 2.99. The third-order valence-corrected chi connectivity index (χ3v) is 3.18. The molecule has 1 heterocycles. The number of fused-ring (bicyclic) bond motifs is 1. The first kappa shape index (κ1) is 9.17. The highest BCUT2D eigenvalue weighted by molar-refractivity contribution is 9.10. The molecule has 0 bridgehead atoms. The van der Waals surface area contributed by atoms with Crippen molar-refractivity contribution in [3.05, 3.63) is 28.2 Å². The number of rotatable bonds is 0. The fourth-order valence-corrected chi connectivity index (χ4v) is 2.17. The Balaban J connectivity index is 2.57. The van der Waals surface area contributed by atoms with Crippen LogP contribution < -0.4 is 4.67 Å². The molecule has 0 saturated carbocycles. The minimum absolute atomic E-state index is 0.231. The zero-order valence-electron chi connectivity index (χ0n) is 6.96. The summed E-state index contributed by atoms with van der Waals surface area (Å²) in [6, 6.07) is 5.80. The van der Waals surface area contributed by atoms with Gasteiger partial charge < -0.3 is 4.67 Å². The average Bonchev–Trinajstić information content (AvgIpc) is 2.12. The largest absolute Gasteiger partial charge is 0.355 e. The molecule has 0 fully saturated rings. The third-order valence-electron chi connectivity index (χ3n) is 2.15. The molecule has 0 aromatic heterocycles. The van der Waals surface area contributed by atoms with Gasteiger partial charge >= 0.3 is 0 Å². The molecule has 68 valence electrons. The molecule has 2 rings (SSSR count). The van der Waals surface area contributed by atoms with Crippen molar-refractivity contribution in [2.75, 3.05) is 11.2 Å². The van der Waals surface area contributed by atoms with Crippen molar-refractivity contribution in [2.45, 2.75) is 6.42 Å². The number of anilines is 1. The van der Waals surface area contributed by atoms with Gasteiger partial charge in [-0.25, -0.2) is 0 Å². The molecule has 13 heavy (non-hydrogen) atoms. The van der Waals surface area contributed by atoms with E-state index in [1.807, 2.05) is 22.9 Å². The summed E-state index contributed by atoms with van der Waals surface area (Å²) >= 11 is 3.36. The Kier molecular flexibility index (Phi) is 2.39. The lowest BCUT2D eigenvalue weighted by Gasteiger charge is -2.26. The molecule has 0 aliphatic carbocycles. The molecule has 0 radical (unpaired) electrons. The maximum absolute atomic E-state index is 11.5. The molecule has 2 nitrogen and oxygen atoms in total. The van der Waals surface area contributed by atoms with E-state index in [-0.39, 0.29) is 5.78 Å². The predicted molar refractivity (Wildman–Crippen MR) is 60.1 cm³/mol. The van der Waals surface area contributed by atoms with Gasteiger partial charge in [0.2, 0.25) is 0 Å². The predicted octanol–water partition coefficient (Wildman–Crippen LogP) is 2.63. The number of nitrogens with zero attached hydrogens (tertiary/aromatic N) is 1. The topological polar surface area (TPSA) is 20.3 Å². The first-order valence-corrected chi connectivity index (χ1v) is 5.34. The molecule has 1 unspecified atom stereocenters. The Labute approximate surface area is 87.7 Å². The van der Waals surface area contributed by atoms with E-state index >= 15 is 0 Å². The summed E-state index contributed by atoms with van der Waals surface area (Å²) in [5.41, 5.74) is 1.82. The molecular weight excluding hydrogens is 249 g/mol. The minimum atomic E-state index is 0.231. The van der Waals surface area contributed by atoms with Gasteiger partial charge in [0.25, 0.3) is 0 Å². The van der Waals surface area contributed by atoms with Gasteiger partial charge in [0, 0.05) is 23.0 Å². The van der Waals surface area contributed by atoms with Gasteiger partial charge in [0.1, 0.15) is 0 Å². The molecule has 0 N–H and O–H groups in total. The highest BCUT2D eigenvalue weighted by Crippen LogP contribution is 2.31. The number of Topliss-reactive ketones (excluding diaryl/α,β-unsaturated/α-hetero) is 1. The molecule has 1 atom stereocenters. The van der Waals surface area contributed by atoms with Crippen molar-refractivity contribution in [3.8, 4) is 0 Å². The van der Waals surface area contributed by atoms with Crippen molar-refractivity contribution in [3.63, 3.8) is 0 Å². The van der Waals surface area contributed by atoms with Crippen LogP contribution in [0.25, 0.3) is 0 Å². The van der Waals surface area contributed by atoms with E-state index in [1.165, 1.54) is 0 Å². The summed E-state index contributed by atoms with van der Waals surface area (Å²) in [6.45, 7) is 0.790. The molecule has 0 spiro atoms. The Morgan fingerprint density at radius 2 is 2.23 bits per heavy atom. The van der Waals surface area contributed by atoms with E-state index in [4.69, 9.17) is 0 Å². The van der Waals surface area contributed by atoms with Crippen molar-refractivity contribution in [1.82, 2.24) is 0 Å². The third kappa shape index (κ3) is 1.63. The lowest BCUT2D eigenvalue weighted by atomic mass is 10.0. The van der Waals surface area contributed by atoms with E-state index in [9.17, 15) is 4.79 Å². The summed E-state index contributed by atoms with van der Waals surface area (Å²) in [5.74, 6) is 0.231. The molecule has 1 aromatic rings. The zero-order valence-corrected chi connectivity index (χ0v) is 9.70. The standard InChI is InChI=1S/C9H9BrNOP/c10-6-1-2-8-7(5-6)9(12)3-4-11(8)13/h1-2,5H,3-4,13H2. The number of hydrogen-bond acceptors (Lipinski definition) is 2. The number of ketones is 1. The number of hydrogen-bond donors (Lipinski definition) is 0. The molecule has 1 aliphatic heterocycles. The Hall–Kier alpha value is -0.400. The number of benzene rings is 1. The summed E-state index contributed by atoms with van der Waals surface area (Å²) in [6.07, 6.45) is 0.604. The molecule has 1 aromatic carbocycles. The van der Waals surface area contributed by atoms with Gasteiger partial charge in [-0.2, -0.15) is 0 Å². The van der Waals surface area contributed by atoms with Crippen molar-refractivity contribution < 1.29 is 4.79 Å². The average molecular weight is 258 g/mol. The molecule has 0 saturated heterocycles. The Morgan fingerprint density at radius 1 is 1.46 bits per heavy atom. The summed E-state index contributed by atoms with van der Waals surface area (Å²) in [5, 5.41) is 0. The normalized spacial score (nSPS) is 15.8. The SMILES string of the molecule is O=C1CCN(P)c2ccc(Br)cc21. The fraction of sp³-hybridized carbons (Fsp3) is 0.222. The van der Waals surface area contributed by atoms with Crippen LogP contribution in [0.5, 0.6) is 0 Å². The second kappa shape index (κ2) is 3.39. The second-order valence-corrected chi connectivity index (χ2v) is 4.57. The minimum Gasteiger partial charge on any atom is -0.355 e. The van der Waals surface area contributed by atoms with E-state index < -0.39 is 0 Å². The van der Waals surface area contributed by atoms with E-state index in [2.05, 4.69) is 25.3 Å². The highest BCUT2D eigenvalue weighted by Gasteiger charge is 2.20. The lowest BCUT2D eigenvalue weighted by Crippen LogP contribution is -2.23. The van der Waals surface area contributed by atoms with Gasteiger partial charge in [-0.1, -0.05) is 15.9 Å². The quantitative estimate of drug-likeness (QED) is 0.667. The van der Waals surface area contributed by atoms with Crippen molar-refractivity contribution >= 4 is 36.8 Å². The molecule has 0 amide bonds. The van der Waals surface area contributed by atoms with Gasteiger partial charge in [-0.15, -0.1) is 0 Å². The van der Waals surface area contributed by atoms with Crippen LogP contribution in [0.2, 0.25) is 0 Å². The number of halogens is 1. The van der Waals surface area contributed by atoms with E-state index in [0.29, 0.717) is 6.42 Å². The number of carbonyl (C=O) groups excluding carboxylic acids is 1. The first-order valence-electron chi connectivity index (χ1n) is 4.03. The fourth-order valence-electron chi connectivity index (χ4n) is 1.46. The van der Waals surface area contributed by atoms with E-state index in [1.54, 1.807) is 0 Å².